The maximum atomic E-state index is 13.3. The summed E-state index contributed by atoms with van der Waals surface area (Å²) in [5.41, 5.74) is 4.93. The zero-order valence-corrected chi connectivity index (χ0v) is 21.8. The molecular formula is C30H38N4O2. The van der Waals surface area contributed by atoms with Gasteiger partial charge in [-0.15, -0.1) is 0 Å². The molecule has 1 aromatic heterocycles. The second-order valence-corrected chi connectivity index (χ2v) is 9.98. The number of aromatic nitrogens is 2. The highest BCUT2D eigenvalue weighted by atomic mass is 16.2. The van der Waals surface area contributed by atoms with Gasteiger partial charge >= 0.3 is 0 Å². The van der Waals surface area contributed by atoms with Crippen LogP contribution in [0.1, 0.15) is 63.0 Å². The molecule has 1 fully saturated rings. The summed E-state index contributed by atoms with van der Waals surface area (Å²) in [6.45, 7) is 6.90. The van der Waals surface area contributed by atoms with E-state index in [0.717, 1.165) is 61.0 Å². The van der Waals surface area contributed by atoms with Crippen molar-refractivity contribution in [1.29, 1.82) is 0 Å². The molecule has 190 valence electrons. The third-order valence-electron chi connectivity index (χ3n) is 7.01. The van der Waals surface area contributed by atoms with E-state index in [1.807, 2.05) is 55.5 Å². The normalized spacial score (nSPS) is 14.0. The van der Waals surface area contributed by atoms with Crippen LogP contribution >= 0.6 is 0 Å². The lowest BCUT2D eigenvalue weighted by molar-refractivity contribution is -0.139. The smallest absolute Gasteiger partial charge is 0.245 e. The van der Waals surface area contributed by atoms with Crippen LogP contribution in [0.15, 0.2) is 54.6 Å². The van der Waals surface area contributed by atoms with E-state index in [4.69, 9.17) is 5.10 Å². The second kappa shape index (κ2) is 12.0. The van der Waals surface area contributed by atoms with Crippen LogP contribution in [-0.2, 0) is 9.59 Å². The lowest BCUT2D eigenvalue weighted by atomic mass is 9.88. The molecule has 2 aromatic carbocycles. The van der Waals surface area contributed by atoms with Crippen LogP contribution in [0.3, 0.4) is 0 Å². The van der Waals surface area contributed by atoms with Gasteiger partial charge in [0.25, 0.3) is 0 Å². The van der Waals surface area contributed by atoms with Crippen molar-refractivity contribution in [3.63, 3.8) is 0 Å². The molecule has 0 atom stereocenters. The van der Waals surface area contributed by atoms with Crippen molar-refractivity contribution in [2.45, 2.75) is 65.7 Å². The van der Waals surface area contributed by atoms with E-state index in [1.165, 1.54) is 12.0 Å². The molecule has 3 aromatic rings. The number of nitrogens with zero attached hydrogens (tertiary/aromatic N) is 3. The van der Waals surface area contributed by atoms with E-state index in [0.29, 0.717) is 12.4 Å². The van der Waals surface area contributed by atoms with Gasteiger partial charge in [-0.3, -0.25) is 9.59 Å². The van der Waals surface area contributed by atoms with Crippen LogP contribution in [0.25, 0.3) is 16.9 Å². The first kappa shape index (κ1) is 25.7. The van der Waals surface area contributed by atoms with Gasteiger partial charge in [-0.05, 0) is 44.7 Å². The molecule has 0 aliphatic heterocycles. The Kier molecular flexibility index (Phi) is 8.57. The molecule has 0 unspecified atom stereocenters. The first-order valence-corrected chi connectivity index (χ1v) is 13.3. The Hall–Kier alpha value is -3.41. The van der Waals surface area contributed by atoms with Gasteiger partial charge in [-0.1, -0.05) is 80.6 Å². The fourth-order valence-electron chi connectivity index (χ4n) is 5.03. The highest BCUT2D eigenvalue weighted by molar-refractivity contribution is 5.95. The van der Waals surface area contributed by atoms with Crippen molar-refractivity contribution in [2.75, 3.05) is 18.4 Å². The molecule has 36 heavy (non-hydrogen) atoms. The van der Waals surface area contributed by atoms with E-state index in [-0.39, 0.29) is 24.3 Å². The molecule has 4 rings (SSSR count). The molecular weight excluding hydrogens is 448 g/mol. The van der Waals surface area contributed by atoms with Crippen LogP contribution in [-0.4, -0.2) is 39.6 Å². The van der Waals surface area contributed by atoms with Gasteiger partial charge in [0.1, 0.15) is 5.82 Å². The highest BCUT2D eigenvalue weighted by Gasteiger charge is 2.27. The molecule has 1 aliphatic rings. The van der Waals surface area contributed by atoms with E-state index < -0.39 is 0 Å². The van der Waals surface area contributed by atoms with Gasteiger partial charge < -0.3 is 10.2 Å². The Morgan fingerprint density at radius 2 is 1.78 bits per heavy atom. The number of carbonyl (C=O) groups is 2. The Morgan fingerprint density at radius 1 is 1.03 bits per heavy atom. The molecule has 6 nitrogen and oxygen atoms in total. The predicted molar refractivity (Wildman–Crippen MR) is 145 cm³/mol. The topological polar surface area (TPSA) is 67.2 Å². The quantitative estimate of drug-likeness (QED) is 0.386. The van der Waals surface area contributed by atoms with E-state index in [1.54, 1.807) is 9.58 Å². The first-order chi connectivity index (χ1) is 17.5. The molecule has 1 N–H and O–H groups in total. The maximum Gasteiger partial charge on any atom is 0.245 e. The largest absolute Gasteiger partial charge is 0.333 e. The Bertz CT molecular complexity index is 1180. The molecule has 0 radical (unpaired) electrons. The van der Waals surface area contributed by atoms with Gasteiger partial charge in [0.2, 0.25) is 11.8 Å². The number of amides is 2. The van der Waals surface area contributed by atoms with E-state index >= 15 is 0 Å². The van der Waals surface area contributed by atoms with Crippen molar-refractivity contribution in [3.05, 3.63) is 65.7 Å². The van der Waals surface area contributed by atoms with Gasteiger partial charge in [-0.25, -0.2) is 4.68 Å². The lowest BCUT2D eigenvalue weighted by Gasteiger charge is -2.29. The van der Waals surface area contributed by atoms with Crippen molar-refractivity contribution in [2.24, 2.45) is 5.92 Å². The summed E-state index contributed by atoms with van der Waals surface area (Å²) >= 11 is 0. The predicted octanol–water partition coefficient (Wildman–Crippen LogP) is 6.30. The van der Waals surface area contributed by atoms with Crippen LogP contribution in [0.5, 0.6) is 0 Å². The number of hydrogen-bond donors (Lipinski definition) is 1. The molecule has 2 amide bonds. The molecule has 1 saturated carbocycles. The highest BCUT2D eigenvalue weighted by Crippen LogP contribution is 2.28. The maximum absolute atomic E-state index is 13.3. The van der Waals surface area contributed by atoms with Crippen molar-refractivity contribution >= 4 is 17.6 Å². The monoisotopic (exact) mass is 486 g/mol. The summed E-state index contributed by atoms with van der Waals surface area (Å²) in [7, 11) is 0. The van der Waals surface area contributed by atoms with Crippen molar-refractivity contribution in [1.82, 2.24) is 14.7 Å². The Morgan fingerprint density at radius 3 is 2.47 bits per heavy atom. The molecule has 0 saturated heterocycles. The number of hydrogen-bond acceptors (Lipinski definition) is 3. The molecule has 1 heterocycles. The minimum atomic E-state index is -0.194. The van der Waals surface area contributed by atoms with Crippen LogP contribution in [0.4, 0.5) is 5.82 Å². The summed E-state index contributed by atoms with van der Waals surface area (Å²) in [4.78, 5) is 28.3. The van der Waals surface area contributed by atoms with E-state index in [2.05, 4.69) is 25.2 Å². The first-order valence-electron chi connectivity index (χ1n) is 13.3. The van der Waals surface area contributed by atoms with Gasteiger partial charge in [0.15, 0.2) is 0 Å². The molecule has 0 spiro atoms. The minimum Gasteiger partial charge on any atom is -0.333 e. The molecule has 1 aliphatic carbocycles. The number of rotatable bonds is 9. The van der Waals surface area contributed by atoms with Crippen LogP contribution in [0.2, 0.25) is 0 Å². The zero-order valence-electron chi connectivity index (χ0n) is 21.8. The number of anilines is 1. The third-order valence-corrected chi connectivity index (χ3v) is 7.01. The second-order valence-electron chi connectivity index (χ2n) is 9.98. The standard InChI is InChI=1S/C30H38N4O2/c1-4-5-18-33(30(36)25-14-10-7-11-15-25)21-29(35)31-28-20-26(24-12-8-6-9-13-24)32-34(28)27-17-16-22(2)19-23(27)3/h6,8-9,12-13,16-17,19-20,25H,4-5,7,10-11,14-15,18,21H2,1-3H3,(H,31,35). The number of aryl methyl sites for hydroxylation is 2. The summed E-state index contributed by atoms with van der Waals surface area (Å²) in [6, 6.07) is 18.0. The lowest BCUT2D eigenvalue weighted by Crippen LogP contribution is -2.42. The summed E-state index contributed by atoms with van der Waals surface area (Å²) in [6.07, 6.45) is 7.14. The Balaban J connectivity index is 1.59. The SMILES string of the molecule is CCCCN(CC(=O)Nc1cc(-c2ccccc2)nn1-c1ccc(C)cc1C)C(=O)C1CCCCC1. The summed E-state index contributed by atoms with van der Waals surface area (Å²) < 4.78 is 1.80. The number of benzene rings is 2. The fraction of sp³-hybridized carbons (Fsp3) is 0.433. The van der Waals surface area contributed by atoms with Crippen LogP contribution in [0, 0.1) is 19.8 Å². The number of nitrogens with one attached hydrogen (secondary N) is 1. The average Bonchev–Trinajstić information content (AvgIpc) is 3.30. The van der Waals surface area contributed by atoms with Crippen molar-refractivity contribution in [3.8, 4) is 16.9 Å². The molecule has 6 heteroatoms. The minimum absolute atomic E-state index is 0.0498. The number of carbonyl (C=O) groups excluding carboxylic acids is 2. The van der Waals surface area contributed by atoms with Gasteiger partial charge in [0.05, 0.1) is 17.9 Å². The number of unbranched alkanes of at least 4 members (excludes halogenated alkanes) is 1. The summed E-state index contributed by atoms with van der Waals surface area (Å²) in [5, 5.41) is 7.93. The fourth-order valence-corrected chi connectivity index (χ4v) is 5.03. The zero-order chi connectivity index (χ0) is 25.5. The van der Waals surface area contributed by atoms with Crippen molar-refractivity contribution < 1.29 is 9.59 Å². The summed E-state index contributed by atoms with van der Waals surface area (Å²) in [5.74, 6) is 0.590. The van der Waals surface area contributed by atoms with Gasteiger partial charge in [0, 0.05) is 24.1 Å². The third kappa shape index (κ3) is 6.23. The average molecular weight is 487 g/mol. The Labute approximate surface area is 214 Å². The van der Waals surface area contributed by atoms with Gasteiger partial charge in [-0.2, -0.15) is 5.10 Å². The molecule has 0 bridgehead atoms. The van der Waals surface area contributed by atoms with Crippen LogP contribution < -0.4 is 5.32 Å². The van der Waals surface area contributed by atoms with E-state index in [9.17, 15) is 9.59 Å².